The first-order chi connectivity index (χ1) is 8.25. The van der Waals surface area contributed by atoms with Crippen LogP contribution in [0.15, 0.2) is 48.8 Å². The molecule has 3 rings (SSSR count). The molecular formula is C13H8Cl2N2. The number of benzene rings is 1. The van der Waals surface area contributed by atoms with Gasteiger partial charge in [0.15, 0.2) is 5.65 Å². The van der Waals surface area contributed by atoms with Gasteiger partial charge in [-0.15, -0.1) is 0 Å². The fourth-order valence-corrected chi connectivity index (χ4v) is 2.22. The molecular weight excluding hydrogens is 255 g/mol. The molecule has 0 aliphatic carbocycles. The van der Waals surface area contributed by atoms with Crippen LogP contribution in [0.1, 0.15) is 0 Å². The fourth-order valence-electron chi connectivity index (χ4n) is 1.78. The van der Waals surface area contributed by atoms with Crippen molar-refractivity contribution in [2.45, 2.75) is 0 Å². The summed E-state index contributed by atoms with van der Waals surface area (Å²) >= 11 is 12.2. The lowest BCUT2D eigenvalue weighted by molar-refractivity contribution is 1.19. The molecule has 0 atom stereocenters. The summed E-state index contributed by atoms with van der Waals surface area (Å²) in [7, 11) is 0. The summed E-state index contributed by atoms with van der Waals surface area (Å²) in [6.45, 7) is 0. The van der Waals surface area contributed by atoms with Gasteiger partial charge in [-0.05, 0) is 18.2 Å². The topological polar surface area (TPSA) is 17.3 Å². The lowest BCUT2D eigenvalue weighted by Gasteiger charge is -1.97. The highest BCUT2D eigenvalue weighted by Crippen LogP contribution is 2.28. The van der Waals surface area contributed by atoms with Crippen LogP contribution in [0.3, 0.4) is 0 Å². The van der Waals surface area contributed by atoms with Gasteiger partial charge in [-0.3, -0.25) is 0 Å². The molecule has 17 heavy (non-hydrogen) atoms. The number of nitrogens with zero attached hydrogens (tertiary/aromatic N) is 2. The van der Waals surface area contributed by atoms with Crippen LogP contribution in [-0.4, -0.2) is 9.38 Å². The van der Waals surface area contributed by atoms with Gasteiger partial charge in [0.05, 0.1) is 15.7 Å². The Morgan fingerprint density at radius 1 is 0.941 bits per heavy atom. The SMILES string of the molecule is Clc1ccccc1-c1cn2cccc(Cl)c2n1. The van der Waals surface area contributed by atoms with Crippen LogP contribution >= 0.6 is 23.2 Å². The molecule has 0 unspecified atom stereocenters. The molecule has 0 spiro atoms. The van der Waals surface area contributed by atoms with E-state index in [2.05, 4.69) is 4.98 Å². The number of halogens is 2. The van der Waals surface area contributed by atoms with E-state index in [0.29, 0.717) is 10.0 Å². The number of pyridine rings is 1. The molecule has 2 nitrogen and oxygen atoms in total. The van der Waals surface area contributed by atoms with E-state index in [9.17, 15) is 0 Å². The summed E-state index contributed by atoms with van der Waals surface area (Å²) < 4.78 is 1.89. The van der Waals surface area contributed by atoms with Gasteiger partial charge in [0.25, 0.3) is 0 Å². The Morgan fingerprint density at radius 3 is 2.47 bits per heavy atom. The van der Waals surface area contributed by atoms with E-state index >= 15 is 0 Å². The van der Waals surface area contributed by atoms with Gasteiger partial charge in [0, 0.05) is 18.0 Å². The molecule has 0 radical (unpaired) electrons. The van der Waals surface area contributed by atoms with Crippen molar-refractivity contribution in [1.29, 1.82) is 0 Å². The number of rotatable bonds is 1. The zero-order chi connectivity index (χ0) is 11.8. The van der Waals surface area contributed by atoms with Crippen LogP contribution in [-0.2, 0) is 0 Å². The van der Waals surface area contributed by atoms with Crippen LogP contribution in [0.4, 0.5) is 0 Å². The Kier molecular flexibility index (Phi) is 2.54. The third-order valence-corrected chi connectivity index (χ3v) is 3.21. The van der Waals surface area contributed by atoms with E-state index in [0.717, 1.165) is 16.9 Å². The zero-order valence-corrected chi connectivity index (χ0v) is 10.3. The smallest absolute Gasteiger partial charge is 0.156 e. The van der Waals surface area contributed by atoms with Crippen molar-refractivity contribution in [3.05, 3.63) is 58.8 Å². The molecule has 0 aliphatic rings. The molecule has 1 aromatic carbocycles. The number of imidazole rings is 1. The highest BCUT2D eigenvalue weighted by Gasteiger charge is 2.08. The Bertz CT molecular complexity index is 689. The maximum Gasteiger partial charge on any atom is 0.156 e. The van der Waals surface area contributed by atoms with Crippen LogP contribution in [0.5, 0.6) is 0 Å². The van der Waals surface area contributed by atoms with Crippen LogP contribution < -0.4 is 0 Å². The van der Waals surface area contributed by atoms with Crippen molar-refractivity contribution in [1.82, 2.24) is 9.38 Å². The predicted molar refractivity (Wildman–Crippen MR) is 70.6 cm³/mol. The lowest BCUT2D eigenvalue weighted by Crippen LogP contribution is -1.80. The maximum atomic E-state index is 6.14. The first kappa shape index (κ1) is 10.6. The number of aromatic nitrogens is 2. The standard InChI is InChI=1S/C13H8Cl2N2/c14-10-5-2-1-4-9(10)12-8-17-7-3-6-11(15)13(17)16-12/h1-8H. The largest absolute Gasteiger partial charge is 0.305 e. The zero-order valence-electron chi connectivity index (χ0n) is 8.77. The first-order valence-corrected chi connectivity index (χ1v) is 5.89. The van der Waals surface area contributed by atoms with Crippen molar-refractivity contribution in [2.75, 3.05) is 0 Å². The average molecular weight is 263 g/mol. The lowest BCUT2D eigenvalue weighted by atomic mass is 10.2. The fraction of sp³-hybridized carbons (Fsp3) is 0. The number of hydrogen-bond acceptors (Lipinski definition) is 1. The molecule has 84 valence electrons. The van der Waals surface area contributed by atoms with Crippen molar-refractivity contribution < 1.29 is 0 Å². The highest BCUT2D eigenvalue weighted by molar-refractivity contribution is 6.34. The minimum absolute atomic E-state index is 0.630. The molecule has 0 aliphatic heterocycles. The van der Waals surface area contributed by atoms with E-state index in [1.54, 1.807) is 0 Å². The average Bonchev–Trinajstić information content (AvgIpc) is 2.75. The Hall–Kier alpha value is -1.51. The van der Waals surface area contributed by atoms with Crippen molar-refractivity contribution >= 4 is 28.8 Å². The molecule has 2 aromatic heterocycles. The van der Waals surface area contributed by atoms with Gasteiger partial charge >= 0.3 is 0 Å². The van der Waals surface area contributed by atoms with Crippen molar-refractivity contribution in [3.63, 3.8) is 0 Å². The molecule has 0 saturated heterocycles. The second kappa shape index (κ2) is 4.06. The summed E-state index contributed by atoms with van der Waals surface area (Å²) in [5.41, 5.74) is 2.47. The quantitative estimate of drug-likeness (QED) is 0.639. The number of hydrogen-bond donors (Lipinski definition) is 0. The predicted octanol–water partition coefficient (Wildman–Crippen LogP) is 4.31. The van der Waals surface area contributed by atoms with Crippen LogP contribution in [0, 0.1) is 0 Å². The van der Waals surface area contributed by atoms with Gasteiger partial charge in [-0.1, -0.05) is 41.4 Å². The molecule has 0 N–H and O–H groups in total. The monoisotopic (exact) mass is 262 g/mol. The Labute approximate surface area is 108 Å². The Morgan fingerprint density at radius 2 is 1.71 bits per heavy atom. The first-order valence-electron chi connectivity index (χ1n) is 5.14. The van der Waals surface area contributed by atoms with E-state index in [1.807, 2.05) is 53.2 Å². The Balaban J connectivity index is 2.26. The summed E-state index contributed by atoms with van der Waals surface area (Å²) in [5.74, 6) is 0. The second-order valence-electron chi connectivity index (χ2n) is 3.69. The maximum absolute atomic E-state index is 6.14. The minimum atomic E-state index is 0.630. The van der Waals surface area contributed by atoms with Gasteiger partial charge < -0.3 is 4.40 Å². The molecule has 2 heterocycles. The number of fused-ring (bicyclic) bond motifs is 1. The van der Waals surface area contributed by atoms with Crippen LogP contribution in [0.25, 0.3) is 16.9 Å². The van der Waals surface area contributed by atoms with Gasteiger partial charge in [-0.25, -0.2) is 4.98 Å². The summed E-state index contributed by atoms with van der Waals surface area (Å²) in [4.78, 5) is 4.49. The molecule has 0 saturated carbocycles. The molecule has 0 bridgehead atoms. The van der Waals surface area contributed by atoms with Gasteiger partial charge in [-0.2, -0.15) is 0 Å². The molecule has 4 heteroatoms. The second-order valence-corrected chi connectivity index (χ2v) is 4.51. The minimum Gasteiger partial charge on any atom is -0.305 e. The van der Waals surface area contributed by atoms with Crippen molar-refractivity contribution in [2.24, 2.45) is 0 Å². The molecule has 3 aromatic rings. The van der Waals surface area contributed by atoms with E-state index in [-0.39, 0.29) is 0 Å². The summed E-state index contributed by atoms with van der Waals surface area (Å²) in [6, 6.07) is 11.3. The molecule has 0 fully saturated rings. The summed E-state index contributed by atoms with van der Waals surface area (Å²) in [5, 5.41) is 1.32. The third kappa shape index (κ3) is 1.79. The third-order valence-electron chi connectivity index (χ3n) is 2.58. The van der Waals surface area contributed by atoms with E-state index in [1.165, 1.54) is 0 Å². The summed E-state index contributed by atoms with van der Waals surface area (Å²) in [6.07, 6.45) is 3.83. The van der Waals surface area contributed by atoms with Gasteiger partial charge in [0.2, 0.25) is 0 Å². The van der Waals surface area contributed by atoms with Crippen molar-refractivity contribution in [3.8, 4) is 11.3 Å². The normalized spacial score (nSPS) is 10.9. The van der Waals surface area contributed by atoms with Gasteiger partial charge in [0.1, 0.15) is 0 Å². The van der Waals surface area contributed by atoms with E-state index in [4.69, 9.17) is 23.2 Å². The highest BCUT2D eigenvalue weighted by atomic mass is 35.5. The van der Waals surface area contributed by atoms with Crippen LogP contribution in [0.2, 0.25) is 10.0 Å². The van der Waals surface area contributed by atoms with E-state index < -0.39 is 0 Å². The molecule has 0 amide bonds.